The predicted octanol–water partition coefficient (Wildman–Crippen LogP) is 2.69. The van der Waals surface area contributed by atoms with Gasteiger partial charge in [0.1, 0.15) is 16.4 Å². The number of benzene rings is 2. The second-order valence-corrected chi connectivity index (χ2v) is 8.59. The van der Waals surface area contributed by atoms with Gasteiger partial charge in [0, 0.05) is 36.3 Å². The number of rotatable bonds is 7. The SMILES string of the molecule is COc1ccc(S(=O)(=O)NCC2CC(=O)N(c3ccc(Cl)cc3)C2)c(OC)c1. The monoisotopic (exact) mass is 424 g/mol. The number of methoxy groups -OCH3 is 2. The smallest absolute Gasteiger partial charge is 0.244 e. The number of hydrogen-bond acceptors (Lipinski definition) is 5. The molecule has 28 heavy (non-hydrogen) atoms. The fraction of sp³-hybridized carbons (Fsp3) is 0.316. The molecule has 1 aliphatic heterocycles. The van der Waals surface area contributed by atoms with Gasteiger partial charge < -0.3 is 14.4 Å². The third-order valence-corrected chi connectivity index (χ3v) is 6.28. The predicted molar refractivity (Wildman–Crippen MR) is 107 cm³/mol. The van der Waals surface area contributed by atoms with E-state index in [0.717, 1.165) is 5.69 Å². The van der Waals surface area contributed by atoms with E-state index in [-0.39, 0.29) is 35.4 Å². The van der Waals surface area contributed by atoms with Crippen LogP contribution in [-0.4, -0.2) is 41.6 Å². The van der Waals surface area contributed by atoms with Crippen LogP contribution in [0.3, 0.4) is 0 Å². The molecule has 0 saturated carbocycles. The molecular weight excluding hydrogens is 404 g/mol. The topological polar surface area (TPSA) is 84.9 Å². The number of amides is 1. The second kappa shape index (κ2) is 8.38. The molecule has 1 aliphatic rings. The molecule has 0 spiro atoms. The molecule has 1 fully saturated rings. The van der Waals surface area contributed by atoms with E-state index in [4.69, 9.17) is 21.1 Å². The van der Waals surface area contributed by atoms with E-state index in [1.165, 1.54) is 26.4 Å². The summed E-state index contributed by atoms with van der Waals surface area (Å²) in [6.07, 6.45) is 0.269. The van der Waals surface area contributed by atoms with Gasteiger partial charge in [0.15, 0.2) is 0 Å². The van der Waals surface area contributed by atoms with Crippen LogP contribution in [0.25, 0.3) is 0 Å². The van der Waals surface area contributed by atoms with Crippen LogP contribution in [0.5, 0.6) is 11.5 Å². The van der Waals surface area contributed by atoms with Gasteiger partial charge in [0.05, 0.1) is 14.2 Å². The molecule has 1 atom stereocenters. The van der Waals surface area contributed by atoms with Crippen molar-refractivity contribution in [2.45, 2.75) is 11.3 Å². The number of anilines is 1. The zero-order chi connectivity index (χ0) is 20.3. The molecule has 1 unspecified atom stereocenters. The first kappa shape index (κ1) is 20.4. The van der Waals surface area contributed by atoms with E-state index >= 15 is 0 Å². The lowest BCUT2D eigenvalue weighted by Gasteiger charge is -2.17. The number of hydrogen-bond donors (Lipinski definition) is 1. The molecule has 1 saturated heterocycles. The van der Waals surface area contributed by atoms with Crippen molar-refractivity contribution in [3.63, 3.8) is 0 Å². The van der Waals surface area contributed by atoms with Crippen molar-refractivity contribution >= 4 is 33.2 Å². The Bertz CT molecular complexity index is 963. The first-order chi connectivity index (χ1) is 13.3. The lowest BCUT2D eigenvalue weighted by molar-refractivity contribution is -0.117. The van der Waals surface area contributed by atoms with Gasteiger partial charge in [-0.05, 0) is 42.3 Å². The molecule has 0 radical (unpaired) electrons. The molecule has 1 heterocycles. The van der Waals surface area contributed by atoms with Crippen LogP contribution in [0.1, 0.15) is 6.42 Å². The molecule has 0 bridgehead atoms. The summed E-state index contributed by atoms with van der Waals surface area (Å²) >= 11 is 5.89. The van der Waals surface area contributed by atoms with Crippen LogP contribution in [0.15, 0.2) is 47.4 Å². The third-order valence-electron chi connectivity index (χ3n) is 4.57. The lowest BCUT2D eigenvalue weighted by Crippen LogP contribution is -2.31. The van der Waals surface area contributed by atoms with Crippen molar-refractivity contribution in [3.05, 3.63) is 47.5 Å². The Hall–Kier alpha value is -2.29. The maximum absolute atomic E-state index is 12.7. The summed E-state index contributed by atoms with van der Waals surface area (Å²) in [5, 5.41) is 0.591. The standard InChI is InChI=1S/C19H21ClN2O5S/c1-26-16-7-8-18(17(10-16)27-2)28(24,25)21-11-13-9-19(23)22(12-13)15-5-3-14(20)4-6-15/h3-8,10,13,21H,9,11-12H2,1-2H3. The van der Waals surface area contributed by atoms with Gasteiger partial charge in [-0.15, -0.1) is 0 Å². The van der Waals surface area contributed by atoms with Crippen molar-refractivity contribution < 1.29 is 22.7 Å². The van der Waals surface area contributed by atoms with Gasteiger partial charge >= 0.3 is 0 Å². The van der Waals surface area contributed by atoms with Gasteiger partial charge in [-0.1, -0.05) is 11.6 Å². The van der Waals surface area contributed by atoms with Crippen molar-refractivity contribution in [2.24, 2.45) is 5.92 Å². The Labute approximate surface area is 169 Å². The summed E-state index contributed by atoms with van der Waals surface area (Å²) in [4.78, 5) is 14.0. The summed E-state index contributed by atoms with van der Waals surface area (Å²) in [5.41, 5.74) is 0.747. The number of carbonyl (C=O) groups excluding carboxylic acids is 1. The molecular formula is C19H21ClN2O5S. The maximum atomic E-state index is 12.7. The van der Waals surface area contributed by atoms with E-state index in [1.807, 2.05) is 0 Å². The highest BCUT2D eigenvalue weighted by Crippen LogP contribution is 2.29. The second-order valence-electron chi connectivity index (χ2n) is 6.42. The largest absolute Gasteiger partial charge is 0.497 e. The van der Waals surface area contributed by atoms with Gasteiger partial charge in [0.2, 0.25) is 15.9 Å². The van der Waals surface area contributed by atoms with Crippen molar-refractivity contribution in [2.75, 3.05) is 32.2 Å². The normalized spacial score (nSPS) is 17.0. The van der Waals surface area contributed by atoms with Gasteiger partial charge in [-0.3, -0.25) is 4.79 Å². The minimum absolute atomic E-state index is 0.0229. The van der Waals surface area contributed by atoms with Crippen molar-refractivity contribution in [1.29, 1.82) is 0 Å². The maximum Gasteiger partial charge on any atom is 0.244 e. The zero-order valence-electron chi connectivity index (χ0n) is 15.5. The molecule has 7 nitrogen and oxygen atoms in total. The highest BCUT2D eigenvalue weighted by Gasteiger charge is 2.32. The summed E-state index contributed by atoms with van der Waals surface area (Å²) in [6, 6.07) is 11.5. The average molecular weight is 425 g/mol. The molecule has 2 aromatic carbocycles. The highest BCUT2D eigenvalue weighted by atomic mass is 35.5. The van der Waals surface area contributed by atoms with Gasteiger partial charge in [0.25, 0.3) is 0 Å². The molecule has 9 heteroatoms. The Kier molecular flexibility index (Phi) is 6.12. The zero-order valence-corrected chi connectivity index (χ0v) is 17.1. The number of nitrogens with one attached hydrogen (secondary N) is 1. The summed E-state index contributed by atoms with van der Waals surface area (Å²) in [5.74, 6) is 0.503. The number of halogens is 1. The first-order valence-electron chi connectivity index (χ1n) is 8.61. The molecule has 0 aliphatic carbocycles. The summed E-state index contributed by atoms with van der Waals surface area (Å²) in [7, 11) is -0.911. The molecule has 0 aromatic heterocycles. The Morgan fingerprint density at radius 1 is 1.14 bits per heavy atom. The van der Waals surface area contributed by atoms with Crippen molar-refractivity contribution in [3.8, 4) is 11.5 Å². The lowest BCUT2D eigenvalue weighted by atomic mass is 10.1. The number of nitrogens with zero attached hydrogens (tertiary/aromatic N) is 1. The molecule has 1 amide bonds. The van der Waals surface area contributed by atoms with Crippen LogP contribution in [0.4, 0.5) is 5.69 Å². The average Bonchev–Trinajstić information content (AvgIpc) is 3.07. The van der Waals surface area contributed by atoms with Crippen LogP contribution >= 0.6 is 11.6 Å². The number of sulfonamides is 1. The summed E-state index contributed by atoms with van der Waals surface area (Å²) in [6.45, 7) is 0.579. The van der Waals surface area contributed by atoms with Crippen molar-refractivity contribution in [1.82, 2.24) is 4.72 Å². The quantitative estimate of drug-likeness (QED) is 0.738. The van der Waals surface area contributed by atoms with Gasteiger partial charge in [-0.2, -0.15) is 0 Å². The minimum atomic E-state index is -3.80. The third kappa shape index (κ3) is 4.40. The molecule has 3 rings (SSSR count). The number of ether oxygens (including phenoxy) is 2. The molecule has 150 valence electrons. The van der Waals surface area contributed by atoms with Crippen LogP contribution in [0.2, 0.25) is 5.02 Å². The van der Waals surface area contributed by atoms with Crippen LogP contribution in [0, 0.1) is 5.92 Å². The molecule has 2 aromatic rings. The fourth-order valence-corrected chi connectivity index (χ4v) is 4.48. The summed E-state index contributed by atoms with van der Waals surface area (Å²) < 4.78 is 38.2. The molecule has 1 N–H and O–H groups in total. The fourth-order valence-electron chi connectivity index (χ4n) is 3.09. The number of carbonyl (C=O) groups is 1. The van der Waals surface area contributed by atoms with Gasteiger partial charge in [-0.25, -0.2) is 13.1 Å². The highest BCUT2D eigenvalue weighted by molar-refractivity contribution is 7.89. The first-order valence-corrected chi connectivity index (χ1v) is 10.5. The van der Waals surface area contributed by atoms with E-state index < -0.39 is 10.0 Å². The van der Waals surface area contributed by atoms with Crippen LogP contribution in [-0.2, 0) is 14.8 Å². The Morgan fingerprint density at radius 2 is 1.86 bits per heavy atom. The van der Waals surface area contributed by atoms with Crippen LogP contribution < -0.4 is 19.1 Å². The Balaban J connectivity index is 1.68. The van der Waals surface area contributed by atoms with E-state index in [9.17, 15) is 13.2 Å². The van der Waals surface area contributed by atoms with E-state index in [1.54, 1.807) is 35.2 Å². The van der Waals surface area contributed by atoms with E-state index in [2.05, 4.69) is 4.72 Å². The van der Waals surface area contributed by atoms with E-state index in [0.29, 0.717) is 17.3 Å². The minimum Gasteiger partial charge on any atom is -0.497 e. The Morgan fingerprint density at radius 3 is 2.50 bits per heavy atom.